The number of benzene rings is 1. The van der Waals surface area contributed by atoms with Gasteiger partial charge >= 0.3 is 0 Å². The molecule has 2 heterocycles. The molecule has 1 aromatic heterocycles. The highest BCUT2D eigenvalue weighted by Gasteiger charge is 2.19. The fourth-order valence-electron chi connectivity index (χ4n) is 2.50. The van der Waals surface area contributed by atoms with Crippen LogP contribution < -0.4 is 0 Å². The minimum absolute atomic E-state index is 0.169. The van der Waals surface area contributed by atoms with E-state index in [1.165, 1.54) is 21.2 Å². The van der Waals surface area contributed by atoms with Gasteiger partial charge in [0.2, 0.25) is 0 Å². The predicted octanol–water partition coefficient (Wildman–Crippen LogP) is 2.38. The van der Waals surface area contributed by atoms with E-state index in [2.05, 4.69) is 30.1 Å². The van der Waals surface area contributed by atoms with Crippen LogP contribution in [0.4, 0.5) is 0 Å². The molecular formula is C13H15NOS. The van der Waals surface area contributed by atoms with E-state index in [0.717, 1.165) is 24.4 Å². The Labute approximate surface area is 99.1 Å². The van der Waals surface area contributed by atoms with Gasteiger partial charge in [-0.15, -0.1) is 11.3 Å². The van der Waals surface area contributed by atoms with Crippen LogP contribution in [0.2, 0.25) is 0 Å². The van der Waals surface area contributed by atoms with Crippen LogP contribution in [0.5, 0.6) is 0 Å². The lowest BCUT2D eigenvalue weighted by atomic mass is 10.0. The Kier molecular flexibility index (Phi) is 2.46. The first-order chi connectivity index (χ1) is 7.79. The van der Waals surface area contributed by atoms with Crippen molar-refractivity contribution in [2.75, 3.05) is 13.6 Å². The lowest BCUT2D eigenvalue weighted by molar-refractivity contribution is 0.280. The van der Waals surface area contributed by atoms with Crippen LogP contribution in [-0.2, 0) is 19.6 Å². The van der Waals surface area contributed by atoms with E-state index in [-0.39, 0.29) is 6.61 Å². The molecule has 0 saturated heterocycles. The first-order valence-corrected chi connectivity index (χ1v) is 6.43. The Hall–Kier alpha value is -0.900. The molecule has 0 bridgehead atoms. The third kappa shape index (κ3) is 1.47. The average molecular weight is 233 g/mol. The molecule has 2 nitrogen and oxygen atoms in total. The number of aliphatic hydroxyl groups is 1. The summed E-state index contributed by atoms with van der Waals surface area (Å²) < 4.78 is 1.33. The van der Waals surface area contributed by atoms with Crippen LogP contribution in [0.15, 0.2) is 18.2 Å². The number of nitrogens with zero attached hydrogens (tertiary/aromatic N) is 1. The van der Waals surface area contributed by atoms with Crippen molar-refractivity contribution in [3.63, 3.8) is 0 Å². The zero-order valence-electron chi connectivity index (χ0n) is 9.36. The second-order valence-corrected chi connectivity index (χ2v) is 5.58. The second-order valence-electron chi connectivity index (χ2n) is 4.44. The van der Waals surface area contributed by atoms with Gasteiger partial charge in [0.1, 0.15) is 0 Å². The SMILES string of the molecule is CN1CCc2cccc3sc(CO)c(c23)C1. The number of thiophene rings is 1. The fourth-order valence-corrected chi connectivity index (χ4v) is 3.62. The van der Waals surface area contributed by atoms with Gasteiger partial charge in [0, 0.05) is 28.1 Å². The van der Waals surface area contributed by atoms with Crippen molar-refractivity contribution in [2.24, 2.45) is 0 Å². The molecule has 3 rings (SSSR count). The molecule has 0 aliphatic carbocycles. The van der Waals surface area contributed by atoms with Crippen molar-refractivity contribution in [3.8, 4) is 0 Å². The van der Waals surface area contributed by atoms with Gasteiger partial charge < -0.3 is 10.0 Å². The summed E-state index contributed by atoms with van der Waals surface area (Å²) in [6.45, 7) is 2.23. The van der Waals surface area contributed by atoms with Gasteiger partial charge in [0.25, 0.3) is 0 Å². The molecule has 84 valence electrons. The molecule has 2 aromatic rings. The quantitative estimate of drug-likeness (QED) is 0.817. The zero-order chi connectivity index (χ0) is 11.1. The number of hydrogen-bond acceptors (Lipinski definition) is 3. The highest BCUT2D eigenvalue weighted by Crippen LogP contribution is 2.36. The summed E-state index contributed by atoms with van der Waals surface area (Å²) in [5, 5.41) is 10.8. The molecule has 1 aliphatic rings. The maximum atomic E-state index is 9.44. The lowest BCUT2D eigenvalue weighted by Gasteiger charge is -2.13. The molecule has 3 heteroatoms. The highest BCUT2D eigenvalue weighted by atomic mass is 32.1. The van der Waals surface area contributed by atoms with Gasteiger partial charge in [-0.25, -0.2) is 0 Å². The van der Waals surface area contributed by atoms with Crippen LogP contribution in [0.3, 0.4) is 0 Å². The predicted molar refractivity (Wildman–Crippen MR) is 67.8 cm³/mol. The summed E-state index contributed by atoms with van der Waals surface area (Å²) in [6.07, 6.45) is 1.11. The van der Waals surface area contributed by atoms with E-state index >= 15 is 0 Å². The molecule has 0 atom stereocenters. The molecule has 0 amide bonds. The molecule has 0 radical (unpaired) electrons. The Morgan fingerprint density at radius 3 is 3.12 bits per heavy atom. The molecule has 0 fully saturated rings. The van der Waals surface area contributed by atoms with Crippen LogP contribution in [0.1, 0.15) is 16.0 Å². The standard InChI is InChI=1S/C13H15NOS/c1-14-6-5-9-3-2-4-11-13(9)10(7-14)12(8-15)16-11/h2-4,15H,5-8H2,1H3. The summed E-state index contributed by atoms with van der Waals surface area (Å²) in [6, 6.07) is 6.51. The van der Waals surface area contributed by atoms with E-state index in [0.29, 0.717) is 0 Å². The van der Waals surface area contributed by atoms with Gasteiger partial charge in [-0.3, -0.25) is 0 Å². The summed E-state index contributed by atoms with van der Waals surface area (Å²) in [7, 11) is 2.15. The summed E-state index contributed by atoms with van der Waals surface area (Å²) >= 11 is 1.74. The van der Waals surface area contributed by atoms with Crippen molar-refractivity contribution in [1.82, 2.24) is 4.90 Å². The lowest BCUT2D eigenvalue weighted by Crippen LogP contribution is -2.18. The van der Waals surface area contributed by atoms with Crippen LogP contribution >= 0.6 is 11.3 Å². The molecule has 1 aliphatic heterocycles. The largest absolute Gasteiger partial charge is 0.391 e. The van der Waals surface area contributed by atoms with Crippen molar-refractivity contribution in [1.29, 1.82) is 0 Å². The summed E-state index contributed by atoms with van der Waals surface area (Å²) in [5.74, 6) is 0. The van der Waals surface area contributed by atoms with Gasteiger partial charge in [0.05, 0.1) is 6.61 Å². The fraction of sp³-hybridized carbons (Fsp3) is 0.385. The van der Waals surface area contributed by atoms with Crippen molar-refractivity contribution in [3.05, 3.63) is 34.2 Å². The van der Waals surface area contributed by atoms with Gasteiger partial charge in [-0.2, -0.15) is 0 Å². The monoisotopic (exact) mass is 233 g/mol. The Bertz CT molecular complexity index is 532. The normalized spacial score (nSPS) is 16.6. The summed E-state index contributed by atoms with van der Waals surface area (Å²) in [4.78, 5) is 3.47. The van der Waals surface area contributed by atoms with Crippen LogP contribution in [-0.4, -0.2) is 23.6 Å². The number of likely N-dealkylation sites (N-methyl/N-ethyl adjacent to an activating group) is 1. The van der Waals surface area contributed by atoms with E-state index in [1.54, 1.807) is 11.3 Å². The minimum Gasteiger partial charge on any atom is -0.391 e. The van der Waals surface area contributed by atoms with Crippen molar-refractivity contribution >= 4 is 21.4 Å². The third-order valence-electron chi connectivity index (χ3n) is 3.32. The molecule has 1 N–H and O–H groups in total. The highest BCUT2D eigenvalue weighted by molar-refractivity contribution is 7.19. The summed E-state index contributed by atoms with van der Waals surface area (Å²) in [5.41, 5.74) is 2.78. The minimum atomic E-state index is 0.169. The maximum Gasteiger partial charge on any atom is 0.0778 e. The Morgan fingerprint density at radius 2 is 2.31 bits per heavy atom. The Balaban J connectivity index is 2.32. The smallest absolute Gasteiger partial charge is 0.0778 e. The van der Waals surface area contributed by atoms with Crippen molar-refractivity contribution < 1.29 is 5.11 Å². The number of rotatable bonds is 1. The molecule has 1 aromatic carbocycles. The number of aliphatic hydroxyl groups excluding tert-OH is 1. The number of hydrogen-bond donors (Lipinski definition) is 1. The van der Waals surface area contributed by atoms with E-state index in [4.69, 9.17) is 0 Å². The topological polar surface area (TPSA) is 23.5 Å². The third-order valence-corrected chi connectivity index (χ3v) is 4.50. The van der Waals surface area contributed by atoms with E-state index in [9.17, 15) is 5.11 Å². The molecular weight excluding hydrogens is 218 g/mol. The van der Waals surface area contributed by atoms with Gasteiger partial charge in [-0.1, -0.05) is 12.1 Å². The van der Waals surface area contributed by atoms with Gasteiger partial charge in [0.15, 0.2) is 0 Å². The van der Waals surface area contributed by atoms with E-state index < -0.39 is 0 Å². The zero-order valence-corrected chi connectivity index (χ0v) is 10.2. The molecule has 0 unspecified atom stereocenters. The molecule has 16 heavy (non-hydrogen) atoms. The molecule has 0 saturated carbocycles. The van der Waals surface area contributed by atoms with Crippen LogP contribution in [0, 0.1) is 0 Å². The second kappa shape index (κ2) is 3.84. The first-order valence-electron chi connectivity index (χ1n) is 5.61. The molecule has 0 spiro atoms. The van der Waals surface area contributed by atoms with Crippen molar-refractivity contribution in [2.45, 2.75) is 19.6 Å². The van der Waals surface area contributed by atoms with Crippen LogP contribution in [0.25, 0.3) is 10.1 Å². The van der Waals surface area contributed by atoms with Gasteiger partial charge in [-0.05, 0) is 30.7 Å². The van der Waals surface area contributed by atoms with E-state index in [1.807, 2.05) is 0 Å². The average Bonchev–Trinajstić information content (AvgIpc) is 2.55. The first kappa shape index (κ1) is 10.3. The Morgan fingerprint density at radius 1 is 1.44 bits per heavy atom. The maximum absolute atomic E-state index is 9.44.